The van der Waals surface area contributed by atoms with Crippen molar-refractivity contribution in [3.63, 3.8) is 0 Å². The van der Waals surface area contributed by atoms with E-state index in [0.717, 1.165) is 50.0 Å². The number of carbonyl (C=O) groups excluding carboxylic acids is 1. The van der Waals surface area contributed by atoms with Gasteiger partial charge < -0.3 is 4.74 Å². The minimum atomic E-state index is -0.589. The van der Waals surface area contributed by atoms with Gasteiger partial charge in [-0.25, -0.2) is 19.2 Å². The van der Waals surface area contributed by atoms with E-state index in [1.54, 1.807) is 6.07 Å². The number of rotatable bonds is 10. The second-order valence-corrected chi connectivity index (χ2v) is 8.76. The van der Waals surface area contributed by atoms with E-state index in [1.807, 2.05) is 12.4 Å². The first-order valence-corrected chi connectivity index (χ1v) is 11.9. The van der Waals surface area contributed by atoms with Crippen LogP contribution in [0.25, 0.3) is 11.4 Å². The molecule has 0 unspecified atom stereocenters. The Labute approximate surface area is 185 Å². The minimum absolute atomic E-state index is 0.0213. The van der Waals surface area contributed by atoms with Crippen molar-refractivity contribution in [1.82, 2.24) is 9.97 Å². The van der Waals surface area contributed by atoms with E-state index in [-0.39, 0.29) is 11.7 Å². The van der Waals surface area contributed by atoms with Crippen LogP contribution in [0.5, 0.6) is 0 Å². The van der Waals surface area contributed by atoms with Crippen molar-refractivity contribution in [2.75, 3.05) is 0 Å². The molecule has 0 radical (unpaired) electrons. The summed E-state index contributed by atoms with van der Waals surface area (Å²) < 4.78 is 20.3. The Hall–Kier alpha value is -2.30. The number of ether oxygens (including phenoxy) is 1. The summed E-state index contributed by atoms with van der Waals surface area (Å²) in [5.41, 5.74) is 1.63. The topological polar surface area (TPSA) is 52.1 Å². The number of nitrogens with zero attached hydrogens (tertiary/aromatic N) is 2. The van der Waals surface area contributed by atoms with Crippen molar-refractivity contribution in [3.05, 3.63) is 47.5 Å². The summed E-state index contributed by atoms with van der Waals surface area (Å²) in [6, 6.07) is 4.50. The fourth-order valence-electron chi connectivity index (χ4n) is 4.37. The highest BCUT2D eigenvalue weighted by molar-refractivity contribution is 5.90. The molecule has 0 amide bonds. The van der Waals surface area contributed by atoms with Gasteiger partial charge in [0.05, 0.1) is 5.56 Å². The van der Waals surface area contributed by atoms with Crippen molar-refractivity contribution in [2.45, 2.75) is 90.6 Å². The molecule has 4 nitrogen and oxygen atoms in total. The maximum absolute atomic E-state index is 14.7. The van der Waals surface area contributed by atoms with Gasteiger partial charge in [0.2, 0.25) is 0 Å². The van der Waals surface area contributed by atoms with Gasteiger partial charge in [0.15, 0.2) is 5.82 Å². The summed E-state index contributed by atoms with van der Waals surface area (Å²) in [7, 11) is 0. The summed E-state index contributed by atoms with van der Waals surface area (Å²) in [6.07, 6.45) is 15.6. The Balaban J connectivity index is 1.56. The van der Waals surface area contributed by atoms with Crippen LogP contribution in [0, 0.1) is 11.7 Å². The Morgan fingerprint density at radius 2 is 1.77 bits per heavy atom. The van der Waals surface area contributed by atoms with Crippen LogP contribution in [0.2, 0.25) is 0 Å². The van der Waals surface area contributed by atoms with E-state index in [9.17, 15) is 9.18 Å². The second kappa shape index (κ2) is 11.9. The smallest absolute Gasteiger partial charge is 0.341 e. The number of halogens is 1. The van der Waals surface area contributed by atoms with Gasteiger partial charge in [0.25, 0.3) is 0 Å². The van der Waals surface area contributed by atoms with Gasteiger partial charge in [-0.05, 0) is 62.1 Å². The first-order chi connectivity index (χ1) is 15.1. The predicted molar refractivity (Wildman–Crippen MR) is 121 cm³/mol. The molecule has 1 aromatic carbocycles. The zero-order valence-electron chi connectivity index (χ0n) is 18.9. The summed E-state index contributed by atoms with van der Waals surface area (Å²) in [6.45, 7) is 4.40. The van der Waals surface area contributed by atoms with Gasteiger partial charge in [0.1, 0.15) is 11.9 Å². The van der Waals surface area contributed by atoms with Crippen molar-refractivity contribution >= 4 is 5.97 Å². The Kier molecular flexibility index (Phi) is 8.98. The van der Waals surface area contributed by atoms with Crippen LogP contribution >= 0.6 is 0 Å². The molecular formula is C26H35FN2O2. The van der Waals surface area contributed by atoms with Gasteiger partial charge in [0, 0.05) is 18.0 Å². The SMILES string of the molecule is CCCCCCc1cnc(-c2ccc(C(=O)O[C@H]3CC[C@H](CCC)CC3)c(F)c2)nc1. The highest BCUT2D eigenvalue weighted by Crippen LogP contribution is 2.30. The lowest BCUT2D eigenvalue weighted by Crippen LogP contribution is -2.25. The Morgan fingerprint density at radius 3 is 2.42 bits per heavy atom. The molecule has 1 saturated carbocycles. The highest BCUT2D eigenvalue weighted by atomic mass is 19.1. The standard InChI is InChI=1S/C26H35FN2O2/c1-3-5-6-7-9-20-17-28-25(29-18-20)21-12-15-23(24(27)16-21)26(30)31-22-13-10-19(8-4-2)11-14-22/h12,15-19,22H,3-11,13-14H2,1-2H3/t19-,22-. The van der Waals surface area contributed by atoms with Crippen LogP contribution in [0.4, 0.5) is 4.39 Å². The fourth-order valence-corrected chi connectivity index (χ4v) is 4.37. The van der Waals surface area contributed by atoms with Crippen LogP contribution in [0.1, 0.15) is 94.0 Å². The van der Waals surface area contributed by atoms with Gasteiger partial charge in [-0.2, -0.15) is 0 Å². The molecule has 2 aromatic rings. The highest BCUT2D eigenvalue weighted by Gasteiger charge is 2.25. The Bertz CT molecular complexity index is 830. The molecule has 1 heterocycles. The van der Waals surface area contributed by atoms with Crippen molar-refractivity contribution in [3.8, 4) is 11.4 Å². The normalized spacial score (nSPS) is 18.7. The molecule has 1 aliphatic rings. The molecule has 0 spiro atoms. The second-order valence-electron chi connectivity index (χ2n) is 8.76. The van der Waals surface area contributed by atoms with E-state index in [0.29, 0.717) is 11.4 Å². The van der Waals surface area contributed by atoms with Gasteiger partial charge >= 0.3 is 5.97 Å². The molecule has 1 fully saturated rings. The zero-order valence-corrected chi connectivity index (χ0v) is 18.9. The maximum Gasteiger partial charge on any atom is 0.341 e. The number of aromatic nitrogens is 2. The van der Waals surface area contributed by atoms with Crippen LogP contribution in [0.3, 0.4) is 0 Å². The molecule has 1 aliphatic carbocycles. The van der Waals surface area contributed by atoms with Crippen molar-refractivity contribution in [2.24, 2.45) is 5.92 Å². The molecule has 0 saturated heterocycles. The lowest BCUT2D eigenvalue weighted by Gasteiger charge is -2.28. The first kappa shape index (κ1) is 23.4. The van der Waals surface area contributed by atoms with E-state index >= 15 is 0 Å². The molecule has 168 valence electrons. The maximum atomic E-state index is 14.7. The number of unbranched alkanes of at least 4 members (excludes halogenated alkanes) is 3. The molecule has 0 atom stereocenters. The van der Waals surface area contributed by atoms with Crippen LogP contribution in [0.15, 0.2) is 30.6 Å². The zero-order chi connectivity index (χ0) is 22.1. The lowest BCUT2D eigenvalue weighted by atomic mass is 9.85. The van der Waals surface area contributed by atoms with E-state index < -0.39 is 11.8 Å². The predicted octanol–water partition coefficient (Wildman–Crippen LogP) is 6.92. The molecule has 3 rings (SSSR count). The minimum Gasteiger partial charge on any atom is -0.459 e. The summed E-state index contributed by atoms with van der Waals surface area (Å²) >= 11 is 0. The molecule has 1 aromatic heterocycles. The third kappa shape index (κ3) is 6.84. The summed E-state index contributed by atoms with van der Waals surface area (Å²) in [5.74, 6) is 0.0322. The first-order valence-electron chi connectivity index (χ1n) is 11.9. The lowest BCUT2D eigenvalue weighted by molar-refractivity contribution is 0.0157. The summed E-state index contributed by atoms with van der Waals surface area (Å²) in [4.78, 5) is 21.3. The monoisotopic (exact) mass is 426 g/mol. The van der Waals surface area contributed by atoms with Gasteiger partial charge in [-0.1, -0.05) is 52.0 Å². The largest absolute Gasteiger partial charge is 0.459 e. The number of benzene rings is 1. The Morgan fingerprint density at radius 1 is 1.03 bits per heavy atom. The quantitative estimate of drug-likeness (QED) is 0.306. The van der Waals surface area contributed by atoms with Crippen LogP contribution < -0.4 is 0 Å². The van der Waals surface area contributed by atoms with Crippen LogP contribution in [-0.2, 0) is 11.2 Å². The average Bonchev–Trinajstić information content (AvgIpc) is 2.78. The van der Waals surface area contributed by atoms with Gasteiger partial charge in [-0.15, -0.1) is 0 Å². The number of aryl methyl sites for hydroxylation is 1. The number of carbonyl (C=O) groups is 1. The molecule has 0 aliphatic heterocycles. The average molecular weight is 427 g/mol. The summed E-state index contributed by atoms with van der Waals surface area (Å²) in [5, 5.41) is 0. The number of hydrogen-bond acceptors (Lipinski definition) is 4. The third-order valence-corrected chi connectivity index (χ3v) is 6.24. The van der Waals surface area contributed by atoms with Gasteiger partial charge in [-0.3, -0.25) is 0 Å². The van der Waals surface area contributed by atoms with Crippen molar-refractivity contribution < 1.29 is 13.9 Å². The number of hydrogen-bond donors (Lipinski definition) is 0. The number of esters is 1. The molecule has 0 bridgehead atoms. The van der Waals surface area contributed by atoms with Crippen molar-refractivity contribution in [1.29, 1.82) is 0 Å². The molecule has 0 N–H and O–H groups in total. The van der Waals surface area contributed by atoms with E-state index in [1.165, 1.54) is 44.2 Å². The molecule has 5 heteroatoms. The van der Waals surface area contributed by atoms with E-state index in [4.69, 9.17) is 4.74 Å². The fraction of sp³-hybridized carbons (Fsp3) is 0.577. The van der Waals surface area contributed by atoms with E-state index in [2.05, 4.69) is 23.8 Å². The molecule has 31 heavy (non-hydrogen) atoms. The van der Waals surface area contributed by atoms with Crippen LogP contribution in [-0.4, -0.2) is 22.0 Å². The molecular weight excluding hydrogens is 391 g/mol. The third-order valence-electron chi connectivity index (χ3n) is 6.24.